The maximum Gasteiger partial charge on any atom is 0.282 e. The molecule has 30 heavy (non-hydrogen) atoms. The Bertz CT molecular complexity index is 1040. The highest BCUT2D eigenvalue weighted by molar-refractivity contribution is 7.17. The van der Waals surface area contributed by atoms with Crippen LogP contribution in [0.25, 0.3) is 0 Å². The van der Waals surface area contributed by atoms with E-state index in [0.29, 0.717) is 6.42 Å². The molecule has 0 unspecified atom stereocenters. The van der Waals surface area contributed by atoms with Gasteiger partial charge >= 0.3 is 0 Å². The van der Waals surface area contributed by atoms with E-state index in [4.69, 9.17) is 11.6 Å². The fourth-order valence-electron chi connectivity index (χ4n) is 3.30. The number of rotatable bonds is 4. The molecule has 3 rings (SSSR count). The maximum absolute atomic E-state index is 12.8. The van der Waals surface area contributed by atoms with Gasteiger partial charge in [0.2, 0.25) is 5.91 Å². The van der Waals surface area contributed by atoms with Gasteiger partial charge in [0.05, 0.1) is 10.5 Å². The Labute approximate surface area is 180 Å². The Morgan fingerprint density at radius 1 is 1.10 bits per heavy atom. The third-order valence-electron chi connectivity index (χ3n) is 4.63. The van der Waals surface area contributed by atoms with Crippen molar-refractivity contribution in [3.63, 3.8) is 0 Å². The van der Waals surface area contributed by atoms with Crippen LogP contribution in [0, 0.1) is 10.1 Å². The fourth-order valence-corrected chi connectivity index (χ4v) is 4.75. The maximum atomic E-state index is 12.8. The topological polar surface area (TPSA) is 130 Å². The van der Waals surface area contributed by atoms with Gasteiger partial charge in [-0.25, -0.2) is 0 Å². The van der Waals surface area contributed by atoms with Gasteiger partial charge in [-0.05, 0) is 43.4 Å². The molecule has 0 saturated heterocycles. The Morgan fingerprint density at radius 2 is 1.83 bits per heavy atom. The molecular weight excluding hydrogens is 432 g/mol. The van der Waals surface area contributed by atoms with E-state index in [1.165, 1.54) is 30.4 Å². The van der Waals surface area contributed by atoms with Gasteiger partial charge in [-0.3, -0.25) is 35.3 Å². The first-order valence-corrected chi connectivity index (χ1v) is 10.4. The standard InChI is InChI=1S/C19H19ClN4O5S/c1-10(25)22-23-18(27)16-12-5-3-2-4-6-15(12)30-19(16)21-17(26)13-9-11(20)7-8-14(13)24(28)29/h7-9H,2-6H2,1H3,(H,21,26)(H,22,25)(H,23,27). The van der Waals surface area contributed by atoms with Crippen LogP contribution in [-0.4, -0.2) is 22.6 Å². The van der Waals surface area contributed by atoms with Crippen molar-refractivity contribution in [2.75, 3.05) is 5.32 Å². The highest BCUT2D eigenvalue weighted by Crippen LogP contribution is 2.38. The molecule has 0 saturated carbocycles. The molecule has 2 aromatic rings. The molecule has 158 valence electrons. The number of halogens is 1. The van der Waals surface area contributed by atoms with E-state index in [9.17, 15) is 24.5 Å². The zero-order chi connectivity index (χ0) is 21.8. The quantitative estimate of drug-likeness (QED) is 0.372. The third kappa shape index (κ3) is 4.77. The number of aryl methyl sites for hydroxylation is 1. The van der Waals surface area contributed by atoms with Gasteiger partial charge in [-0.2, -0.15) is 0 Å². The van der Waals surface area contributed by atoms with E-state index < -0.39 is 22.6 Å². The minimum atomic E-state index is -0.741. The summed E-state index contributed by atoms with van der Waals surface area (Å²) in [7, 11) is 0. The fraction of sp³-hybridized carbons (Fsp3) is 0.316. The van der Waals surface area contributed by atoms with Gasteiger partial charge in [0.1, 0.15) is 10.6 Å². The van der Waals surface area contributed by atoms with E-state index in [-0.39, 0.29) is 26.8 Å². The lowest BCUT2D eigenvalue weighted by atomic mass is 10.0. The second kappa shape index (κ2) is 9.23. The monoisotopic (exact) mass is 450 g/mol. The predicted molar refractivity (Wildman–Crippen MR) is 113 cm³/mol. The molecule has 0 fully saturated rings. The third-order valence-corrected chi connectivity index (χ3v) is 6.07. The molecule has 1 aliphatic carbocycles. The SMILES string of the molecule is CC(=O)NNC(=O)c1c(NC(=O)c2cc(Cl)ccc2[N+](=O)[O-])sc2c1CCCCC2. The van der Waals surface area contributed by atoms with Crippen molar-refractivity contribution in [2.45, 2.75) is 39.0 Å². The molecule has 0 bridgehead atoms. The van der Waals surface area contributed by atoms with Crippen molar-refractivity contribution < 1.29 is 19.3 Å². The van der Waals surface area contributed by atoms with E-state index in [1.807, 2.05) is 0 Å². The number of anilines is 1. The van der Waals surface area contributed by atoms with Crippen molar-refractivity contribution in [2.24, 2.45) is 0 Å². The summed E-state index contributed by atoms with van der Waals surface area (Å²) in [6, 6.07) is 3.70. The Kier molecular flexibility index (Phi) is 6.68. The molecule has 9 nitrogen and oxygen atoms in total. The average Bonchev–Trinajstić information content (AvgIpc) is 2.86. The van der Waals surface area contributed by atoms with Crippen molar-refractivity contribution in [1.82, 2.24) is 10.9 Å². The van der Waals surface area contributed by atoms with E-state index in [2.05, 4.69) is 16.2 Å². The van der Waals surface area contributed by atoms with Gasteiger partial charge in [-0.1, -0.05) is 18.0 Å². The van der Waals surface area contributed by atoms with Crippen LogP contribution >= 0.6 is 22.9 Å². The number of hydrogen-bond acceptors (Lipinski definition) is 6. The molecule has 3 amide bonds. The highest BCUT2D eigenvalue weighted by Gasteiger charge is 2.28. The summed E-state index contributed by atoms with van der Waals surface area (Å²) in [5.41, 5.74) is 5.08. The van der Waals surface area contributed by atoms with Crippen LogP contribution in [0.5, 0.6) is 0 Å². The van der Waals surface area contributed by atoms with Gasteiger partial charge in [0.25, 0.3) is 17.5 Å². The van der Waals surface area contributed by atoms with Crippen molar-refractivity contribution in [3.8, 4) is 0 Å². The molecule has 1 aliphatic rings. The van der Waals surface area contributed by atoms with Crippen LogP contribution in [0.15, 0.2) is 18.2 Å². The van der Waals surface area contributed by atoms with Crippen LogP contribution < -0.4 is 16.2 Å². The Hall–Kier alpha value is -2.98. The van der Waals surface area contributed by atoms with Crippen LogP contribution in [0.2, 0.25) is 5.02 Å². The number of amides is 3. The zero-order valence-electron chi connectivity index (χ0n) is 16.0. The van der Waals surface area contributed by atoms with Crippen LogP contribution in [0.4, 0.5) is 10.7 Å². The summed E-state index contributed by atoms with van der Waals surface area (Å²) in [5.74, 6) is -1.74. The zero-order valence-corrected chi connectivity index (χ0v) is 17.6. The van der Waals surface area contributed by atoms with Crippen LogP contribution in [-0.2, 0) is 17.6 Å². The minimum Gasteiger partial charge on any atom is -0.313 e. The first-order valence-electron chi connectivity index (χ1n) is 9.24. The minimum absolute atomic E-state index is 0.177. The van der Waals surface area contributed by atoms with Gasteiger partial charge in [-0.15, -0.1) is 11.3 Å². The number of nitro groups is 1. The number of fused-ring (bicyclic) bond motifs is 1. The summed E-state index contributed by atoms with van der Waals surface area (Å²) in [6.07, 6.45) is 4.34. The molecule has 0 atom stereocenters. The van der Waals surface area contributed by atoms with Gasteiger partial charge < -0.3 is 5.32 Å². The number of nitrogens with zero attached hydrogens (tertiary/aromatic N) is 1. The summed E-state index contributed by atoms with van der Waals surface area (Å²) in [6.45, 7) is 1.26. The number of hydrazine groups is 1. The van der Waals surface area contributed by atoms with Crippen molar-refractivity contribution >= 4 is 51.3 Å². The second-order valence-corrected chi connectivity index (χ2v) is 8.32. The van der Waals surface area contributed by atoms with Gasteiger partial charge in [0.15, 0.2) is 0 Å². The lowest BCUT2D eigenvalue weighted by molar-refractivity contribution is -0.385. The Morgan fingerprint density at radius 3 is 2.53 bits per heavy atom. The highest BCUT2D eigenvalue weighted by atomic mass is 35.5. The lowest BCUT2D eigenvalue weighted by Gasteiger charge is -2.10. The molecule has 11 heteroatoms. The number of thiophene rings is 1. The Balaban J connectivity index is 1.98. The molecular formula is C19H19ClN4O5S. The van der Waals surface area contributed by atoms with Crippen molar-refractivity contribution in [1.29, 1.82) is 0 Å². The van der Waals surface area contributed by atoms with Crippen molar-refractivity contribution in [3.05, 3.63) is 54.9 Å². The molecule has 1 aromatic carbocycles. The lowest BCUT2D eigenvalue weighted by Crippen LogP contribution is -2.40. The van der Waals surface area contributed by atoms with E-state index in [1.54, 1.807) is 0 Å². The first-order chi connectivity index (χ1) is 14.3. The molecule has 1 aromatic heterocycles. The summed E-state index contributed by atoms with van der Waals surface area (Å²) < 4.78 is 0. The first kappa shape index (κ1) is 21.7. The number of carbonyl (C=O) groups is 3. The number of nitro benzene ring substituents is 1. The van der Waals surface area contributed by atoms with E-state index in [0.717, 1.165) is 42.2 Å². The number of carbonyl (C=O) groups excluding carboxylic acids is 3. The smallest absolute Gasteiger partial charge is 0.282 e. The average molecular weight is 451 g/mol. The van der Waals surface area contributed by atoms with Gasteiger partial charge in [0, 0.05) is 22.9 Å². The second-order valence-electron chi connectivity index (χ2n) is 6.78. The number of benzene rings is 1. The molecule has 3 N–H and O–H groups in total. The number of nitrogens with one attached hydrogen (secondary N) is 3. The summed E-state index contributed by atoms with van der Waals surface area (Å²) in [4.78, 5) is 48.4. The normalized spacial score (nSPS) is 13.0. The predicted octanol–water partition coefficient (Wildman–Crippen LogP) is 3.61. The van der Waals surface area contributed by atoms with E-state index >= 15 is 0 Å². The van der Waals surface area contributed by atoms with Crippen LogP contribution in [0.1, 0.15) is 57.3 Å². The number of hydrogen-bond donors (Lipinski definition) is 3. The van der Waals surface area contributed by atoms with Crippen LogP contribution in [0.3, 0.4) is 0 Å². The molecule has 0 radical (unpaired) electrons. The summed E-state index contributed by atoms with van der Waals surface area (Å²) in [5, 5.41) is 14.4. The summed E-state index contributed by atoms with van der Waals surface area (Å²) >= 11 is 7.19. The molecule has 1 heterocycles. The molecule has 0 spiro atoms. The largest absolute Gasteiger partial charge is 0.313 e. The molecule has 0 aliphatic heterocycles.